The smallest absolute Gasteiger partial charge is 0.227 e. The van der Waals surface area contributed by atoms with Gasteiger partial charge in [0.15, 0.2) is 12.4 Å². The summed E-state index contributed by atoms with van der Waals surface area (Å²) in [4.78, 5) is 11.8. The van der Waals surface area contributed by atoms with Crippen molar-refractivity contribution in [3.8, 4) is 0 Å². The molecule has 0 unspecified atom stereocenters. The van der Waals surface area contributed by atoms with E-state index in [4.69, 9.17) is 0 Å². The van der Waals surface area contributed by atoms with Crippen molar-refractivity contribution in [2.24, 2.45) is 0 Å². The molecule has 1 aromatic carbocycles. The Bertz CT molecular complexity index is 485. The van der Waals surface area contributed by atoms with Gasteiger partial charge in [0.1, 0.15) is 5.82 Å². The number of carbonyl (C=O) groups is 1. The minimum Gasteiger partial charge on any atom is -0.287 e. The third kappa shape index (κ3) is 3.75. The van der Waals surface area contributed by atoms with Crippen LogP contribution in [0.3, 0.4) is 0 Å². The Labute approximate surface area is 109 Å². The molecule has 1 aromatic heterocycles. The lowest BCUT2D eigenvalue weighted by Gasteiger charge is -1.97. The number of carbonyl (C=O) groups excluding carboxylic acids is 1. The zero-order valence-corrected chi connectivity index (χ0v) is 10.8. The Hall–Kier alpha value is -1.55. The number of halogens is 2. The van der Waals surface area contributed by atoms with Crippen molar-refractivity contribution < 1.29 is 13.8 Å². The third-order valence-electron chi connectivity index (χ3n) is 2.27. The van der Waals surface area contributed by atoms with Gasteiger partial charge in [0, 0.05) is 17.7 Å². The fourth-order valence-electron chi connectivity index (χ4n) is 1.43. The summed E-state index contributed by atoms with van der Waals surface area (Å²) >= 11 is 0. The van der Waals surface area contributed by atoms with Crippen molar-refractivity contribution >= 4 is 22.8 Å². The predicted octanol–water partition coefficient (Wildman–Crippen LogP) is 2.57. The van der Waals surface area contributed by atoms with Gasteiger partial charge < -0.3 is 0 Å². The van der Waals surface area contributed by atoms with Crippen LogP contribution in [-0.2, 0) is 6.54 Å². The number of nitrogens with zero attached hydrogens (tertiary/aromatic N) is 1. The van der Waals surface area contributed by atoms with Crippen molar-refractivity contribution in [1.82, 2.24) is 0 Å². The van der Waals surface area contributed by atoms with E-state index in [1.54, 1.807) is 4.57 Å². The van der Waals surface area contributed by atoms with Gasteiger partial charge >= 0.3 is 0 Å². The van der Waals surface area contributed by atoms with Crippen molar-refractivity contribution in [2.45, 2.75) is 6.54 Å². The maximum atomic E-state index is 12.7. The molecule has 0 amide bonds. The van der Waals surface area contributed by atoms with Gasteiger partial charge in [0.2, 0.25) is 12.3 Å². The van der Waals surface area contributed by atoms with Crippen LogP contribution in [0.15, 0.2) is 54.9 Å². The standard InChI is InChI=1S/C13H11FNO.BrH/c14-12-6-4-11(5-7-12)13(16)10-15-8-2-1-3-9-15;/h1-9H,10H2;1H/q+1;. The number of hydrogen-bond acceptors (Lipinski definition) is 1. The maximum Gasteiger partial charge on any atom is 0.227 e. The molecular weight excluding hydrogens is 285 g/mol. The van der Waals surface area contributed by atoms with E-state index in [9.17, 15) is 9.18 Å². The van der Waals surface area contributed by atoms with Crippen LogP contribution in [0, 0.1) is 5.82 Å². The number of benzene rings is 1. The molecule has 0 radical (unpaired) electrons. The summed E-state index contributed by atoms with van der Waals surface area (Å²) < 4.78 is 14.4. The Morgan fingerprint density at radius 3 is 2.24 bits per heavy atom. The SMILES string of the molecule is Br.O=C(C[n+]1ccccc1)c1ccc(F)cc1. The van der Waals surface area contributed by atoms with E-state index in [2.05, 4.69) is 0 Å². The van der Waals surface area contributed by atoms with Gasteiger partial charge in [-0.05, 0) is 24.3 Å². The van der Waals surface area contributed by atoms with Gasteiger partial charge in [0.25, 0.3) is 0 Å². The molecule has 2 aromatic rings. The molecule has 0 saturated heterocycles. The molecule has 0 N–H and O–H groups in total. The second-order valence-corrected chi connectivity index (χ2v) is 3.48. The summed E-state index contributed by atoms with van der Waals surface area (Å²) in [6.45, 7) is 0.270. The molecule has 0 aliphatic rings. The van der Waals surface area contributed by atoms with E-state index in [0.29, 0.717) is 5.56 Å². The number of pyridine rings is 1. The molecule has 1 heterocycles. The molecule has 17 heavy (non-hydrogen) atoms. The first-order chi connectivity index (χ1) is 7.75. The van der Waals surface area contributed by atoms with Crippen molar-refractivity contribution in [3.05, 3.63) is 66.2 Å². The molecule has 2 rings (SSSR count). The first kappa shape index (κ1) is 13.5. The largest absolute Gasteiger partial charge is 0.287 e. The summed E-state index contributed by atoms with van der Waals surface area (Å²) in [5.41, 5.74) is 0.526. The molecule has 88 valence electrons. The Balaban J connectivity index is 0.00000144. The fraction of sp³-hybridized carbons (Fsp3) is 0.0769. The molecule has 0 saturated carbocycles. The molecule has 2 nitrogen and oxygen atoms in total. The quantitative estimate of drug-likeness (QED) is 0.630. The van der Waals surface area contributed by atoms with E-state index in [1.807, 2.05) is 30.6 Å². The van der Waals surface area contributed by atoms with Crippen molar-refractivity contribution in [3.63, 3.8) is 0 Å². The van der Waals surface area contributed by atoms with Crippen LogP contribution in [0.1, 0.15) is 10.4 Å². The van der Waals surface area contributed by atoms with Crippen LogP contribution in [-0.4, -0.2) is 5.78 Å². The van der Waals surface area contributed by atoms with E-state index in [-0.39, 0.29) is 35.1 Å². The van der Waals surface area contributed by atoms with E-state index >= 15 is 0 Å². The van der Waals surface area contributed by atoms with Gasteiger partial charge in [-0.15, -0.1) is 17.0 Å². The van der Waals surface area contributed by atoms with E-state index in [1.165, 1.54) is 24.3 Å². The first-order valence-corrected chi connectivity index (χ1v) is 4.98. The van der Waals surface area contributed by atoms with Gasteiger partial charge in [-0.1, -0.05) is 6.07 Å². The normalized spacial score (nSPS) is 9.47. The van der Waals surface area contributed by atoms with Gasteiger partial charge in [-0.2, -0.15) is 4.57 Å². The lowest BCUT2D eigenvalue weighted by molar-refractivity contribution is -0.683. The summed E-state index contributed by atoms with van der Waals surface area (Å²) in [5.74, 6) is -0.361. The van der Waals surface area contributed by atoms with E-state index in [0.717, 1.165) is 0 Å². The molecular formula is C13H12BrFNO+. The number of hydrogen-bond donors (Lipinski definition) is 0. The first-order valence-electron chi connectivity index (χ1n) is 4.98. The minimum absolute atomic E-state index is 0. The van der Waals surface area contributed by atoms with Crippen molar-refractivity contribution in [2.75, 3.05) is 0 Å². The second-order valence-electron chi connectivity index (χ2n) is 3.48. The number of rotatable bonds is 3. The summed E-state index contributed by atoms with van der Waals surface area (Å²) in [6, 6.07) is 11.2. The summed E-state index contributed by atoms with van der Waals surface area (Å²) in [7, 11) is 0. The molecule has 0 atom stereocenters. The number of ketones is 1. The highest BCUT2D eigenvalue weighted by Crippen LogP contribution is 2.03. The Morgan fingerprint density at radius 2 is 1.65 bits per heavy atom. The van der Waals surface area contributed by atoms with Gasteiger partial charge in [0.05, 0.1) is 0 Å². The molecule has 4 heteroatoms. The lowest BCUT2D eigenvalue weighted by atomic mass is 10.1. The van der Waals surface area contributed by atoms with E-state index < -0.39 is 0 Å². The average molecular weight is 297 g/mol. The number of Topliss-reactive ketones (excluding diaryl/α,β-unsaturated/α-hetero) is 1. The Kier molecular flexibility index (Phi) is 4.97. The highest BCUT2D eigenvalue weighted by molar-refractivity contribution is 8.93. The summed E-state index contributed by atoms with van der Waals surface area (Å²) in [5, 5.41) is 0. The second kappa shape index (κ2) is 6.25. The van der Waals surface area contributed by atoms with Gasteiger partial charge in [-0.25, -0.2) is 4.39 Å². The zero-order chi connectivity index (χ0) is 11.4. The topological polar surface area (TPSA) is 20.9 Å². The van der Waals surface area contributed by atoms with Crippen LogP contribution in [0.5, 0.6) is 0 Å². The van der Waals surface area contributed by atoms with Crippen LogP contribution in [0.25, 0.3) is 0 Å². The molecule has 0 bridgehead atoms. The monoisotopic (exact) mass is 296 g/mol. The highest BCUT2D eigenvalue weighted by atomic mass is 79.9. The predicted molar refractivity (Wildman–Crippen MR) is 67.7 cm³/mol. The number of aromatic nitrogens is 1. The Morgan fingerprint density at radius 1 is 1.06 bits per heavy atom. The van der Waals surface area contributed by atoms with Crippen LogP contribution >= 0.6 is 17.0 Å². The molecule has 0 aliphatic heterocycles. The van der Waals surface area contributed by atoms with Crippen LogP contribution in [0.2, 0.25) is 0 Å². The lowest BCUT2D eigenvalue weighted by Crippen LogP contribution is -2.36. The molecule has 0 fully saturated rings. The van der Waals surface area contributed by atoms with Crippen LogP contribution < -0.4 is 4.57 Å². The fourth-order valence-corrected chi connectivity index (χ4v) is 1.43. The highest BCUT2D eigenvalue weighted by Gasteiger charge is 2.10. The molecule has 0 spiro atoms. The summed E-state index contributed by atoms with van der Waals surface area (Å²) in [6.07, 6.45) is 3.64. The zero-order valence-electron chi connectivity index (χ0n) is 9.04. The average Bonchev–Trinajstić information content (AvgIpc) is 2.31. The third-order valence-corrected chi connectivity index (χ3v) is 2.27. The van der Waals surface area contributed by atoms with Crippen LogP contribution in [0.4, 0.5) is 4.39 Å². The molecule has 0 aliphatic carbocycles. The van der Waals surface area contributed by atoms with Gasteiger partial charge in [-0.3, -0.25) is 4.79 Å². The maximum absolute atomic E-state index is 12.7. The van der Waals surface area contributed by atoms with Crippen molar-refractivity contribution in [1.29, 1.82) is 0 Å². The minimum atomic E-state index is -0.330.